The van der Waals surface area contributed by atoms with Crippen LogP contribution >= 0.6 is 0 Å². The second-order valence-electron chi connectivity index (χ2n) is 4.07. The first-order valence-corrected chi connectivity index (χ1v) is 5.80. The van der Waals surface area contributed by atoms with Gasteiger partial charge in [-0.1, -0.05) is 12.1 Å². The summed E-state index contributed by atoms with van der Waals surface area (Å²) in [5.74, 6) is 1.94. The van der Waals surface area contributed by atoms with Crippen LogP contribution in [0.15, 0.2) is 40.8 Å². The molecule has 0 aliphatic heterocycles. The first-order valence-electron chi connectivity index (χ1n) is 5.80. The third kappa shape index (κ3) is 3.36. The van der Waals surface area contributed by atoms with Gasteiger partial charge in [-0.05, 0) is 36.8 Å². The highest BCUT2D eigenvalue weighted by Gasteiger charge is 1.98. The van der Waals surface area contributed by atoms with Crippen molar-refractivity contribution in [2.24, 2.45) is 0 Å². The van der Waals surface area contributed by atoms with E-state index in [9.17, 15) is 0 Å². The van der Waals surface area contributed by atoms with Crippen LogP contribution in [0, 0.1) is 6.92 Å². The average molecular weight is 230 g/mol. The van der Waals surface area contributed by atoms with Gasteiger partial charge in [-0.25, -0.2) is 0 Å². The molecule has 0 aliphatic carbocycles. The Kier molecular flexibility index (Phi) is 3.83. The van der Waals surface area contributed by atoms with Crippen LogP contribution in [-0.4, -0.2) is 7.05 Å². The number of aryl methyl sites for hydroxylation is 1. The molecule has 0 bridgehead atoms. The highest BCUT2D eigenvalue weighted by atomic mass is 16.3. The van der Waals surface area contributed by atoms with Crippen molar-refractivity contribution in [3.63, 3.8) is 0 Å². The quantitative estimate of drug-likeness (QED) is 0.829. The Labute approximate surface area is 102 Å². The van der Waals surface area contributed by atoms with Gasteiger partial charge in [0.15, 0.2) is 0 Å². The Morgan fingerprint density at radius 1 is 1.12 bits per heavy atom. The van der Waals surface area contributed by atoms with Crippen LogP contribution in [0.1, 0.15) is 17.1 Å². The predicted octanol–water partition coefficient (Wildman–Crippen LogP) is 2.92. The van der Waals surface area contributed by atoms with Gasteiger partial charge in [0.1, 0.15) is 11.5 Å². The summed E-state index contributed by atoms with van der Waals surface area (Å²) in [7, 11) is 1.93. The van der Waals surface area contributed by atoms with E-state index in [-0.39, 0.29) is 0 Å². The minimum atomic E-state index is 0.762. The lowest BCUT2D eigenvalue weighted by Gasteiger charge is -2.05. The summed E-state index contributed by atoms with van der Waals surface area (Å²) >= 11 is 0. The lowest BCUT2D eigenvalue weighted by molar-refractivity contribution is 0.462. The monoisotopic (exact) mass is 230 g/mol. The van der Waals surface area contributed by atoms with E-state index in [0.29, 0.717) is 0 Å². The fraction of sp³-hybridized carbons (Fsp3) is 0.286. The third-order valence-corrected chi connectivity index (χ3v) is 2.64. The molecule has 0 unspecified atom stereocenters. The summed E-state index contributed by atoms with van der Waals surface area (Å²) < 4.78 is 5.49. The van der Waals surface area contributed by atoms with Gasteiger partial charge in [0.05, 0.1) is 6.54 Å². The molecule has 3 nitrogen and oxygen atoms in total. The number of anilines is 1. The Hall–Kier alpha value is -1.74. The number of hydrogen-bond donors (Lipinski definition) is 2. The summed E-state index contributed by atoms with van der Waals surface area (Å²) in [5.41, 5.74) is 2.40. The second kappa shape index (κ2) is 5.55. The Bertz CT molecular complexity index is 477. The van der Waals surface area contributed by atoms with Crippen molar-refractivity contribution < 1.29 is 4.42 Å². The van der Waals surface area contributed by atoms with Gasteiger partial charge in [-0.15, -0.1) is 0 Å². The number of nitrogens with one attached hydrogen (secondary N) is 2. The Balaban J connectivity index is 1.85. The van der Waals surface area contributed by atoms with Crippen LogP contribution in [0.5, 0.6) is 0 Å². The topological polar surface area (TPSA) is 37.2 Å². The molecule has 0 saturated heterocycles. The largest absolute Gasteiger partial charge is 0.465 e. The van der Waals surface area contributed by atoms with Gasteiger partial charge in [-0.2, -0.15) is 0 Å². The summed E-state index contributed by atoms with van der Waals surface area (Å²) in [6.07, 6.45) is 0. The maximum Gasteiger partial charge on any atom is 0.117 e. The molecule has 0 atom stereocenters. The predicted molar refractivity (Wildman–Crippen MR) is 70.0 cm³/mol. The van der Waals surface area contributed by atoms with Gasteiger partial charge in [0, 0.05) is 19.3 Å². The van der Waals surface area contributed by atoms with Crippen LogP contribution < -0.4 is 10.6 Å². The van der Waals surface area contributed by atoms with Crippen LogP contribution in [0.4, 0.5) is 5.69 Å². The van der Waals surface area contributed by atoms with Crippen LogP contribution in [0.25, 0.3) is 0 Å². The van der Waals surface area contributed by atoms with E-state index in [1.807, 2.05) is 26.1 Å². The maximum atomic E-state index is 5.49. The smallest absolute Gasteiger partial charge is 0.117 e. The van der Waals surface area contributed by atoms with E-state index in [1.165, 1.54) is 5.56 Å². The molecule has 0 amide bonds. The van der Waals surface area contributed by atoms with Crippen LogP contribution in [-0.2, 0) is 13.1 Å². The van der Waals surface area contributed by atoms with Gasteiger partial charge in [-0.3, -0.25) is 0 Å². The molecule has 0 saturated carbocycles. The summed E-state index contributed by atoms with van der Waals surface area (Å²) in [5, 5.41) is 6.49. The standard InChI is InChI=1S/C14H18N2O/c1-11-6-7-14(17-11)10-16-9-12-4-3-5-13(8-12)15-2/h3-8,15-16H,9-10H2,1-2H3. The van der Waals surface area contributed by atoms with Crippen molar-refractivity contribution in [2.75, 3.05) is 12.4 Å². The molecular weight excluding hydrogens is 212 g/mol. The van der Waals surface area contributed by atoms with Gasteiger partial charge >= 0.3 is 0 Å². The molecule has 2 N–H and O–H groups in total. The SMILES string of the molecule is CNc1cccc(CNCc2ccc(C)o2)c1. The average Bonchev–Trinajstić information content (AvgIpc) is 2.75. The highest BCUT2D eigenvalue weighted by Crippen LogP contribution is 2.10. The maximum absolute atomic E-state index is 5.49. The second-order valence-corrected chi connectivity index (χ2v) is 4.07. The fourth-order valence-corrected chi connectivity index (χ4v) is 1.75. The van der Waals surface area contributed by atoms with Crippen molar-refractivity contribution in [3.8, 4) is 0 Å². The molecule has 3 heteroatoms. The molecule has 0 fully saturated rings. The summed E-state index contributed by atoms with van der Waals surface area (Å²) in [6.45, 7) is 3.56. The first-order chi connectivity index (χ1) is 8.28. The third-order valence-electron chi connectivity index (χ3n) is 2.64. The zero-order valence-corrected chi connectivity index (χ0v) is 10.3. The molecule has 1 aromatic carbocycles. The van der Waals surface area contributed by atoms with Gasteiger partial charge in [0.25, 0.3) is 0 Å². The minimum Gasteiger partial charge on any atom is -0.465 e. The van der Waals surface area contributed by atoms with Crippen molar-refractivity contribution in [1.29, 1.82) is 0 Å². The van der Waals surface area contributed by atoms with Crippen LogP contribution in [0.2, 0.25) is 0 Å². The van der Waals surface area contributed by atoms with Gasteiger partial charge in [0.2, 0.25) is 0 Å². The van der Waals surface area contributed by atoms with E-state index in [1.54, 1.807) is 0 Å². The molecule has 17 heavy (non-hydrogen) atoms. The van der Waals surface area contributed by atoms with E-state index < -0.39 is 0 Å². The fourth-order valence-electron chi connectivity index (χ4n) is 1.75. The molecule has 0 aliphatic rings. The van der Waals surface area contributed by atoms with Crippen molar-refractivity contribution >= 4 is 5.69 Å². The highest BCUT2D eigenvalue weighted by molar-refractivity contribution is 5.44. The van der Waals surface area contributed by atoms with E-state index >= 15 is 0 Å². The lowest BCUT2D eigenvalue weighted by Crippen LogP contribution is -2.12. The number of hydrogen-bond acceptors (Lipinski definition) is 3. The molecule has 90 valence electrons. The zero-order valence-electron chi connectivity index (χ0n) is 10.3. The van der Waals surface area contributed by atoms with E-state index in [0.717, 1.165) is 30.3 Å². The molecular formula is C14H18N2O. The zero-order chi connectivity index (χ0) is 12.1. The molecule has 0 spiro atoms. The first kappa shape index (κ1) is 11.7. The van der Waals surface area contributed by atoms with Gasteiger partial charge < -0.3 is 15.1 Å². The van der Waals surface area contributed by atoms with Crippen LogP contribution in [0.3, 0.4) is 0 Å². The summed E-state index contributed by atoms with van der Waals surface area (Å²) in [4.78, 5) is 0. The Morgan fingerprint density at radius 2 is 2.00 bits per heavy atom. The Morgan fingerprint density at radius 3 is 2.71 bits per heavy atom. The number of benzene rings is 1. The molecule has 1 aromatic heterocycles. The molecule has 1 heterocycles. The lowest BCUT2D eigenvalue weighted by atomic mass is 10.2. The minimum absolute atomic E-state index is 0.762. The molecule has 2 aromatic rings. The number of furan rings is 1. The normalized spacial score (nSPS) is 10.5. The van der Waals surface area contributed by atoms with Crippen molar-refractivity contribution in [2.45, 2.75) is 20.0 Å². The molecule has 0 radical (unpaired) electrons. The van der Waals surface area contributed by atoms with E-state index in [4.69, 9.17) is 4.42 Å². The summed E-state index contributed by atoms with van der Waals surface area (Å²) in [6, 6.07) is 12.4. The molecule has 2 rings (SSSR count). The van der Waals surface area contributed by atoms with Crippen molar-refractivity contribution in [3.05, 3.63) is 53.5 Å². The van der Waals surface area contributed by atoms with E-state index in [2.05, 4.69) is 34.9 Å². The number of rotatable bonds is 5. The van der Waals surface area contributed by atoms with Crippen molar-refractivity contribution in [1.82, 2.24) is 5.32 Å².